The molecule has 32 heavy (non-hydrogen) atoms. The van der Waals surface area contributed by atoms with Crippen molar-refractivity contribution < 1.29 is 4.74 Å². The zero-order valence-corrected chi connectivity index (χ0v) is 19.3. The highest BCUT2D eigenvalue weighted by atomic mass is 79.9. The number of aryl methyl sites for hydroxylation is 1. The van der Waals surface area contributed by atoms with Gasteiger partial charge in [-0.2, -0.15) is 14.7 Å². The first-order valence-electron chi connectivity index (χ1n) is 10.5. The highest BCUT2D eigenvalue weighted by molar-refractivity contribution is 9.10. The van der Waals surface area contributed by atoms with Gasteiger partial charge >= 0.3 is 0 Å². The van der Waals surface area contributed by atoms with Crippen molar-refractivity contribution in [3.63, 3.8) is 0 Å². The van der Waals surface area contributed by atoms with E-state index in [1.807, 2.05) is 53.0 Å². The molecule has 1 N–H and O–H groups in total. The number of morpholine rings is 1. The smallest absolute Gasteiger partial charge is 0.160 e. The third kappa shape index (κ3) is 4.51. The molecule has 0 amide bonds. The van der Waals surface area contributed by atoms with Crippen LogP contribution in [0.25, 0.3) is 16.9 Å². The standard InChI is InChI=1S/C24H23BrN6O/c1-17-3-2-4-18(13-17)16-26-28-22-15-24(30-9-11-32-12-10-30)31-23(27-22)14-21(29-31)19-5-7-20(25)8-6-19/h2-8,13-16H,9-12H2,1H3,(H,27,28). The van der Waals surface area contributed by atoms with Gasteiger partial charge in [0.25, 0.3) is 0 Å². The van der Waals surface area contributed by atoms with Gasteiger partial charge in [0, 0.05) is 35.3 Å². The SMILES string of the molecule is Cc1cccc(C=NNc2cc(N3CCOCC3)n3nc(-c4ccc(Br)cc4)cc3n2)c1. The average molecular weight is 491 g/mol. The molecule has 0 radical (unpaired) electrons. The molecule has 0 aliphatic carbocycles. The molecular weight excluding hydrogens is 468 g/mol. The second-order valence-corrected chi connectivity index (χ2v) is 8.61. The first-order chi connectivity index (χ1) is 15.7. The average Bonchev–Trinajstić information content (AvgIpc) is 3.24. The van der Waals surface area contributed by atoms with Crippen molar-refractivity contribution in [2.45, 2.75) is 6.92 Å². The van der Waals surface area contributed by atoms with E-state index in [0.29, 0.717) is 19.0 Å². The van der Waals surface area contributed by atoms with Crippen LogP contribution < -0.4 is 10.3 Å². The molecule has 0 unspecified atom stereocenters. The van der Waals surface area contributed by atoms with Gasteiger partial charge in [0.15, 0.2) is 11.5 Å². The molecule has 0 bridgehead atoms. The van der Waals surface area contributed by atoms with Crippen molar-refractivity contribution in [3.05, 3.63) is 76.3 Å². The molecule has 8 heteroatoms. The number of nitrogens with one attached hydrogen (secondary N) is 1. The van der Waals surface area contributed by atoms with E-state index in [1.54, 1.807) is 6.21 Å². The molecule has 2 aromatic heterocycles. The summed E-state index contributed by atoms with van der Waals surface area (Å²) in [4.78, 5) is 7.02. The Morgan fingerprint density at radius 3 is 2.66 bits per heavy atom. The van der Waals surface area contributed by atoms with E-state index in [9.17, 15) is 0 Å². The maximum Gasteiger partial charge on any atom is 0.160 e. The quantitative estimate of drug-likeness (QED) is 0.323. The Hall–Kier alpha value is -3.23. The summed E-state index contributed by atoms with van der Waals surface area (Å²) in [7, 11) is 0. The maximum absolute atomic E-state index is 5.54. The summed E-state index contributed by atoms with van der Waals surface area (Å²) in [6, 6.07) is 20.3. The number of hydrazone groups is 1. The van der Waals surface area contributed by atoms with Crippen LogP contribution in [0, 0.1) is 6.92 Å². The van der Waals surface area contributed by atoms with Crippen LogP contribution >= 0.6 is 15.9 Å². The first-order valence-corrected chi connectivity index (χ1v) is 11.3. The number of ether oxygens (including phenoxy) is 1. The van der Waals surface area contributed by atoms with Crippen LogP contribution in [0.5, 0.6) is 0 Å². The Morgan fingerprint density at radius 2 is 1.88 bits per heavy atom. The van der Waals surface area contributed by atoms with Gasteiger partial charge in [-0.25, -0.2) is 4.98 Å². The predicted molar refractivity (Wildman–Crippen MR) is 132 cm³/mol. The van der Waals surface area contributed by atoms with Crippen LogP contribution in [0.15, 0.2) is 70.2 Å². The number of anilines is 2. The number of nitrogens with zero attached hydrogens (tertiary/aromatic N) is 5. The van der Waals surface area contributed by atoms with Crippen molar-refractivity contribution in [3.8, 4) is 11.3 Å². The lowest BCUT2D eigenvalue weighted by molar-refractivity contribution is 0.122. The van der Waals surface area contributed by atoms with E-state index in [0.717, 1.165) is 45.8 Å². The van der Waals surface area contributed by atoms with E-state index in [2.05, 4.69) is 50.4 Å². The fraction of sp³-hybridized carbons (Fsp3) is 0.208. The molecule has 5 rings (SSSR count). The van der Waals surface area contributed by atoms with Crippen LogP contribution in [0.3, 0.4) is 0 Å². The molecule has 0 saturated carbocycles. The zero-order chi connectivity index (χ0) is 21.9. The molecule has 0 atom stereocenters. The Bertz CT molecular complexity index is 1260. The van der Waals surface area contributed by atoms with E-state index >= 15 is 0 Å². The molecule has 4 aromatic rings. The third-order valence-corrected chi connectivity index (χ3v) is 5.85. The van der Waals surface area contributed by atoms with E-state index in [-0.39, 0.29) is 0 Å². The van der Waals surface area contributed by atoms with E-state index in [4.69, 9.17) is 14.8 Å². The van der Waals surface area contributed by atoms with Crippen LogP contribution in [0.2, 0.25) is 0 Å². The second-order valence-electron chi connectivity index (χ2n) is 7.69. The molecule has 1 aliphatic rings. The van der Waals surface area contributed by atoms with Crippen LogP contribution in [0.4, 0.5) is 11.6 Å². The highest BCUT2D eigenvalue weighted by Gasteiger charge is 2.18. The molecule has 1 saturated heterocycles. The number of fused-ring (bicyclic) bond motifs is 1. The summed E-state index contributed by atoms with van der Waals surface area (Å²) in [6.45, 7) is 5.06. The number of aromatic nitrogens is 3. The lowest BCUT2D eigenvalue weighted by Gasteiger charge is -2.29. The Balaban J connectivity index is 1.50. The molecule has 2 aromatic carbocycles. The van der Waals surface area contributed by atoms with Gasteiger partial charge in [-0.05, 0) is 24.6 Å². The van der Waals surface area contributed by atoms with Gasteiger partial charge in [-0.3, -0.25) is 5.43 Å². The van der Waals surface area contributed by atoms with Gasteiger partial charge in [0.1, 0.15) is 5.82 Å². The van der Waals surface area contributed by atoms with E-state index < -0.39 is 0 Å². The van der Waals surface area contributed by atoms with Crippen LogP contribution in [-0.4, -0.2) is 47.1 Å². The van der Waals surface area contributed by atoms with Crippen molar-refractivity contribution in [2.24, 2.45) is 5.10 Å². The number of hydrogen-bond donors (Lipinski definition) is 1. The first kappa shape index (κ1) is 20.7. The summed E-state index contributed by atoms with van der Waals surface area (Å²) >= 11 is 3.49. The van der Waals surface area contributed by atoms with Crippen molar-refractivity contribution in [2.75, 3.05) is 36.6 Å². The molecule has 162 valence electrons. The summed E-state index contributed by atoms with van der Waals surface area (Å²) in [6.07, 6.45) is 1.80. The number of halogens is 1. The predicted octanol–water partition coefficient (Wildman–Crippen LogP) is 4.75. The molecule has 0 spiro atoms. The molecular formula is C24H23BrN6O. The summed E-state index contributed by atoms with van der Waals surface area (Å²) < 4.78 is 8.48. The normalized spacial score (nSPS) is 14.4. The largest absolute Gasteiger partial charge is 0.378 e. The van der Waals surface area contributed by atoms with Crippen molar-refractivity contribution >= 4 is 39.4 Å². The van der Waals surface area contributed by atoms with Gasteiger partial charge in [0.2, 0.25) is 0 Å². The van der Waals surface area contributed by atoms with E-state index in [1.165, 1.54) is 5.56 Å². The molecule has 1 aliphatic heterocycles. The lowest BCUT2D eigenvalue weighted by Crippen LogP contribution is -2.37. The Kier molecular flexibility index (Phi) is 5.87. The summed E-state index contributed by atoms with van der Waals surface area (Å²) in [5, 5.41) is 9.26. The van der Waals surface area contributed by atoms with Crippen molar-refractivity contribution in [1.82, 2.24) is 14.6 Å². The Labute approximate surface area is 194 Å². The third-order valence-electron chi connectivity index (χ3n) is 5.32. The topological polar surface area (TPSA) is 67.0 Å². The molecule has 3 heterocycles. The van der Waals surface area contributed by atoms with Gasteiger partial charge in [-0.1, -0.05) is 57.9 Å². The van der Waals surface area contributed by atoms with Gasteiger partial charge in [0.05, 0.1) is 25.1 Å². The van der Waals surface area contributed by atoms with Crippen molar-refractivity contribution in [1.29, 1.82) is 0 Å². The summed E-state index contributed by atoms with van der Waals surface area (Å²) in [5.41, 5.74) is 8.01. The maximum atomic E-state index is 5.54. The Morgan fingerprint density at radius 1 is 1.06 bits per heavy atom. The van der Waals surface area contributed by atoms with Crippen LogP contribution in [-0.2, 0) is 4.74 Å². The fourth-order valence-corrected chi connectivity index (χ4v) is 3.98. The monoisotopic (exact) mass is 490 g/mol. The fourth-order valence-electron chi connectivity index (χ4n) is 3.72. The molecule has 1 fully saturated rings. The minimum absolute atomic E-state index is 0.671. The number of benzene rings is 2. The second kappa shape index (κ2) is 9.10. The highest BCUT2D eigenvalue weighted by Crippen LogP contribution is 2.26. The lowest BCUT2D eigenvalue weighted by atomic mass is 10.2. The van der Waals surface area contributed by atoms with Gasteiger partial charge < -0.3 is 9.64 Å². The molecule has 7 nitrogen and oxygen atoms in total. The summed E-state index contributed by atoms with van der Waals surface area (Å²) in [5.74, 6) is 1.64. The number of hydrogen-bond acceptors (Lipinski definition) is 6. The zero-order valence-electron chi connectivity index (χ0n) is 17.7. The van der Waals surface area contributed by atoms with Crippen LogP contribution in [0.1, 0.15) is 11.1 Å². The minimum Gasteiger partial charge on any atom is -0.378 e. The van der Waals surface area contributed by atoms with Gasteiger partial charge in [-0.15, -0.1) is 0 Å². The number of rotatable bonds is 5. The minimum atomic E-state index is 0.671.